The van der Waals surface area contributed by atoms with E-state index in [0.717, 1.165) is 11.5 Å². The van der Waals surface area contributed by atoms with E-state index >= 15 is 0 Å². The van der Waals surface area contributed by atoms with Crippen molar-refractivity contribution in [2.45, 2.75) is 29.2 Å². The normalized spacial score (nSPS) is 21.6. The Morgan fingerprint density at radius 1 is 1.09 bits per heavy atom. The summed E-state index contributed by atoms with van der Waals surface area (Å²) < 4.78 is 11.5. The Morgan fingerprint density at radius 2 is 1.74 bits per heavy atom. The molecule has 0 saturated heterocycles. The van der Waals surface area contributed by atoms with Crippen LogP contribution in [0.4, 0.5) is 0 Å². The molecule has 3 rings (SSSR count). The average molecular weight is 327 g/mol. The molecular formula is C19H21NO2S. The fraction of sp³-hybridized carbons (Fsp3) is 0.316. The molecular weight excluding hydrogens is 306 g/mol. The van der Waals surface area contributed by atoms with Crippen molar-refractivity contribution in [2.24, 2.45) is 4.99 Å². The number of nitrogens with zero attached hydrogens (tertiary/aromatic N) is 1. The van der Waals surface area contributed by atoms with E-state index in [1.807, 2.05) is 36.4 Å². The van der Waals surface area contributed by atoms with E-state index in [0.29, 0.717) is 6.61 Å². The summed E-state index contributed by atoms with van der Waals surface area (Å²) in [7, 11) is 1.71. The summed E-state index contributed by atoms with van der Waals surface area (Å²) in [6, 6.07) is 20.6. The second kappa shape index (κ2) is 7.66. The van der Waals surface area contributed by atoms with E-state index in [9.17, 15) is 0 Å². The first-order valence-electron chi connectivity index (χ1n) is 7.78. The molecule has 0 fully saturated rings. The van der Waals surface area contributed by atoms with Crippen LogP contribution in [0.5, 0.6) is 0 Å². The van der Waals surface area contributed by atoms with Crippen molar-refractivity contribution >= 4 is 17.7 Å². The Bertz CT molecular complexity index is 645. The lowest BCUT2D eigenvalue weighted by Gasteiger charge is -2.18. The third-order valence-corrected chi connectivity index (χ3v) is 4.86. The first-order chi connectivity index (χ1) is 11.3. The van der Waals surface area contributed by atoms with Gasteiger partial charge in [0, 0.05) is 12.0 Å². The molecule has 2 aromatic carbocycles. The summed E-state index contributed by atoms with van der Waals surface area (Å²) in [5.41, 5.74) is 1.14. The van der Waals surface area contributed by atoms with Gasteiger partial charge in [0.25, 0.3) is 0 Å². The second-order valence-corrected chi connectivity index (χ2v) is 6.93. The van der Waals surface area contributed by atoms with Gasteiger partial charge in [-0.3, -0.25) is 0 Å². The molecule has 0 bridgehead atoms. The number of rotatable bonds is 6. The van der Waals surface area contributed by atoms with Crippen LogP contribution in [-0.4, -0.2) is 30.9 Å². The smallest absolute Gasteiger partial charge is 0.198 e. The molecule has 3 atom stereocenters. The Kier molecular flexibility index (Phi) is 5.36. The number of thioether (sulfide) groups is 1. The topological polar surface area (TPSA) is 30.8 Å². The van der Waals surface area contributed by atoms with E-state index in [-0.39, 0.29) is 17.4 Å². The number of benzene rings is 2. The number of aliphatic imine (C=N–C) groups is 1. The molecule has 0 spiro atoms. The summed E-state index contributed by atoms with van der Waals surface area (Å²) >= 11 is 1.76. The molecule has 0 aliphatic carbocycles. The Balaban J connectivity index is 1.74. The third kappa shape index (κ3) is 3.95. The molecule has 1 aliphatic rings. The summed E-state index contributed by atoms with van der Waals surface area (Å²) in [6.07, 6.45) is -0.0648. The second-order valence-electron chi connectivity index (χ2n) is 5.51. The first-order valence-corrected chi connectivity index (χ1v) is 8.66. The van der Waals surface area contributed by atoms with Crippen molar-refractivity contribution in [3.05, 3.63) is 66.2 Å². The van der Waals surface area contributed by atoms with Crippen molar-refractivity contribution in [1.29, 1.82) is 0 Å². The highest BCUT2D eigenvalue weighted by atomic mass is 32.2. The molecule has 0 radical (unpaired) electrons. The summed E-state index contributed by atoms with van der Waals surface area (Å²) in [6.45, 7) is 2.69. The van der Waals surface area contributed by atoms with Crippen molar-refractivity contribution in [3.8, 4) is 0 Å². The zero-order valence-corrected chi connectivity index (χ0v) is 14.2. The van der Waals surface area contributed by atoms with Gasteiger partial charge in [0.15, 0.2) is 5.90 Å². The lowest BCUT2D eigenvalue weighted by atomic mass is 10.0. The standard InChI is InChI=1S/C19H21NO2S/c1-14(23-16-11-7-4-8-12-16)19-20-17(13-21-2)18(22-19)15-9-5-3-6-10-15/h3-12,14,17-18H,13H2,1-2H3. The largest absolute Gasteiger partial charge is 0.470 e. The van der Waals surface area contributed by atoms with Gasteiger partial charge in [0.1, 0.15) is 12.1 Å². The maximum Gasteiger partial charge on any atom is 0.198 e. The van der Waals surface area contributed by atoms with Gasteiger partial charge in [0.05, 0.1) is 11.9 Å². The maximum absolute atomic E-state index is 6.20. The van der Waals surface area contributed by atoms with E-state index in [1.54, 1.807) is 18.9 Å². The summed E-state index contributed by atoms with van der Waals surface area (Å²) in [5, 5.41) is 0.172. The zero-order chi connectivity index (χ0) is 16.1. The van der Waals surface area contributed by atoms with E-state index in [4.69, 9.17) is 14.5 Å². The zero-order valence-electron chi connectivity index (χ0n) is 13.4. The highest BCUT2D eigenvalue weighted by molar-refractivity contribution is 8.00. The predicted octanol–water partition coefficient (Wildman–Crippen LogP) is 4.35. The fourth-order valence-electron chi connectivity index (χ4n) is 2.65. The molecule has 0 saturated carbocycles. The lowest BCUT2D eigenvalue weighted by Crippen LogP contribution is -2.19. The first kappa shape index (κ1) is 16.1. The van der Waals surface area contributed by atoms with Gasteiger partial charge < -0.3 is 9.47 Å². The van der Waals surface area contributed by atoms with Crippen LogP contribution in [0, 0.1) is 0 Å². The van der Waals surface area contributed by atoms with Crippen LogP contribution in [0.1, 0.15) is 18.6 Å². The molecule has 0 aromatic heterocycles. The van der Waals surface area contributed by atoms with Crippen molar-refractivity contribution in [3.63, 3.8) is 0 Å². The average Bonchev–Trinajstić information content (AvgIpc) is 3.01. The monoisotopic (exact) mass is 327 g/mol. The molecule has 1 heterocycles. The molecule has 1 aliphatic heterocycles. The molecule has 0 N–H and O–H groups in total. The van der Waals surface area contributed by atoms with Crippen LogP contribution in [0.25, 0.3) is 0 Å². The molecule has 23 heavy (non-hydrogen) atoms. The SMILES string of the molecule is COCC1N=C(C(C)Sc2ccccc2)OC1c1ccccc1. The van der Waals surface area contributed by atoms with Crippen molar-refractivity contribution in [2.75, 3.05) is 13.7 Å². The van der Waals surface area contributed by atoms with Gasteiger partial charge in [-0.25, -0.2) is 4.99 Å². The number of methoxy groups -OCH3 is 1. The Labute approximate surface area is 141 Å². The minimum atomic E-state index is -0.0648. The maximum atomic E-state index is 6.20. The number of hydrogen-bond acceptors (Lipinski definition) is 4. The van der Waals surface area contributed by atoms with Crippen LogP contribution >= 0.6 is 11.8 Å². The third-order valence-electron chi connectivity index (χ3n) is 3.76. The minimum Gasteiger partial charge on any atom is -0.470 e. The number of hydrogen-bond donors (Lipinski definition) is 0. The van der Waals surface area contributed by atoms with Gasteiger partial charge in [-0.15, -0.1) is 11.8 Å². The fourth-order valence-corrected chi connectivity index (χ4v) is 3.59. The lowest BCUT2D eigenvalue weighted by molar-refractivity contribution is 0.119. The number of ether oxygens (including phenoxy) is 2. The molecule has 2 aromatic rings. The van der Waals surface area contributed by atoms with E-state index < -0.39 is 0 Å². The van der Waals surface area contributed by atoms with E-state index in [1.165, 1.54) is 4.90 Å². The van der Waals surface area contributed by atoms with Crippen molar-refractivity contribution < 1.29 is 9.47 Å². The molecule has 120 valence electrons. The van der Waals surface area contributed by atoms with Crippen LogP contribution in [0.2, 0.25) is 0 Å². The summed E-state index contributed by atoms with van der Waals surface area (Å²) in [4.78, 5) is 6.00. The summed E-state index contributed by atoms with van der Waals surface area (Å²) in [5.74, 6) is 0.801. The van der Waals surface area contributed by atoms with Gasteiger partial charge in [0.2, 0.25) is 0 Å². The molecule has 4 heteroatoms. The molecule has 0 amide bonds. The Hall–Kier alpha value is -1.78. The Morgan fingerprint density at radius 3 is 2.39 bits per heavy atom. The van der Waals surface area contributed by atoms with Crippen LogP contribution in [0.15, 0.2) is 70.6 Å². The van der Waals surface area contributed by atoms with E-state index in [2.05, 4.69) is 31.2 Å². The molecule has 3 unspecified atom stereocenters. The van der Waals surface area contributed by atoms with Crippen LogP contribution in [0.3, 0.4) is 0 Å². The quantitative estimate of drug-likeness (QED) is 0.739. The highest BCUT2D eigenvalue weighted by Crippen LogP contribution is 2.34. The predicted molar refractivity (Wildman–Crippen MR) is 95.1 cm³/mol. The van der Waals surface area contributed by atoms with Gasteiger partial charge in [-0.05, 0) is 24.6 Å². The van der Waals surface area contributed by atoms with Crippen LogP contribution in [-0.2, 0) is 9.47 Å². The minimum absolute atomic E-state index is 0.0104. The van der Waals surface area contributed by atoms with Gasteiger partial charge in [-0.2, -0.15) is 0 Å². The van der Waals surface area contributed by atoms with Crippen molar-refractivity contribution in [1.82, 2.24) is 0 Å². The highest BCUT2D eigenvalue weighted by Gasteiger charge is 2.34. The molecule has 3 nitrogen and oxygen atoms in total. The van der Waals surface area contributed by atoms with Crippen LogP contribution < -0.4 is 0 Å². The van der Waals surface area contributed by atoms with Gasteiger partial charge in [-0.1, -0.05) is 48.5 Å². The van der Waals surface area contributed by atoms with Gasteiger partial charge >= 0.3 is 0 Å².